The van der Waals surface area contributed by atoms with Crippen molar-refractivity contribution in [3.63, 3.8) is 0 Å². The molecule has 1 N–H and O–H groups in total. The number of nitrogens with zero attached hydrogens (tertiary/aromatic N) is 3. The van der Waals surface area contributed by atoms with E-state index in [9.17, 15) is 4.79 Å². The Balaban J connectivity index is 2.25. The first-order valence-corrected chi connectivity index (χ1v) is 7.73. The van der Waals surface area contributed by atoms with Crippen molar-refractivity contribution in [2.24, 2.45) is 0 Å². The zero-order valence-corrected chi connectivity index (χ0v) is 14.4. The fraction of sp³-hybridized carbons (Fsp3) is 0.353. The topological polar surface area (TPSA) is 76.6 Å². The van der Waals surface area contributed by atoms with Crippen molar-refractivity contribution >= 4 is 17.4 Å². The number of aromatic nitrogens is 2. The van der Waals surface area contributed by atoms with E-state index < -0.39 is 0 Å². The summed E-state index contributed by atoms with van der Waals surface area (Å²) in [5.74, 6) is 1.55. The van der Waals surface area contributed by atoms with E-state index in [4.69, 9.17) is 9.47 Å². The first kappa shape index (κ1) is 17.5. The van der Waals surface area contributed by atoms with Crippen molar-refractivity contribution in [1.82, 2.24) is 9.97 Å². The van der Waals surface area contributed by atoms with Crippen molar-refractivity contribution in [1.29, 1.82) is 0 Å². The van der Waals surface area contributed by atoms with Crippen molar-refractivity contribution in [3.05, 3.63) is 36.3 Å². The molecule has 0 fully saturated rings. The molecule has 1 amide bonds. The minimum absolute atomic E-state index is 0.289. The van der Waals surface area contributed by atoms with Crippen molar-refractivity contribution in [3.8, 4) is 11.5 Å². The Bertz CT molecular complexity index is 702. The van der Waals surface area contributed by atoms with Gasteiger partial charge in [-0.2, -0.15) is 0 Å². The van der Waals surface area contributed by atoms with Gasteiger partial charge >= 0.3 is 0 Å². The molecule has 7 heteroatoms. The predicted molar refractivity (Wildman–Crippen MR) is 93.1 cm³/mol. The number of carbonyl (C=O) groups excluding carboxylic acids is 1. The van der Waals surface area contributed by atoms with Gasteiger partial charge in [-0.1, -0.05) is 0 Å². The highest BCUT2D eigenvalue weighted by Gasteiger charge is 2.14. The van der Waals surface area contributed by atoms with Crippen molar-refractivity contribution < 1.29 is 14.3 Å². The van der Waals surface area contributed by atoms with Gasteiger partial charge in [-0.05, 0) is 26.0 Å². The summed E-state index contributed by atoms with van der Waals surface area (Å²) in [4.78, 5) is 22.8. The maximum Gasteiger partial charge on any atom is 0.274 e. The summed E-state index contributed by atoms with van der Waals surface area (Å²) in [7, 11) is 3.11. The van der Waals surface area contributed by atoms with Gasteiger partial charge in [-0.3, -0.25) is 4.79 Å². The average Bonchev–Trinajstić information content (AvgIpc) is 2.63. The van der Waals surface area contributed by atoms with E-state index in [0.717, 1.165) is 18.9 Å². The van der Waals surface area contributed by atoms with Crippen LogP contribution in [0.4, 0.5) is 11.5 Å². The second-order valence-electron chi connectivity index (χ2n) is 4.95. The Morgan fingerprint density at radius 1 is 1.12 bits per heavy atom. The quantitative estimate of drug-likeness (QED) is 0.841. The molecule has 0 saturated carbocycles. The molecule has 1 aromatic heterocycles. The molecule has 0 spiro atoms. The third-order valence-corrected chi connectivity index (χ3v) is 3.63. The summed E-state index contributed by atoms with van der Waals surface area (Å²) in [5.41, 5.74) is 0.807. The van der Waals surface area contributed by atoms with E-state index >= 15 is 0 Å². The number of carbonyl (C=O) groups is 1. The van der Waals surface area contributed by atoms with E-state index in [-0.39, 0.29) is 11.6 Å². The normalized spacial score (nSPS) is 10.2. The highest BCUT2D eigenvalue weighted by atomic mass is 16.5. The number of hydrogen-bond acceptors (Lipinski definition) is 6. The number of ether oxygens (including phenoxy) is 2. The van der Waals surface area contributed by atoms with E-state index in [0.29, 0.717) is 17.2 Å². The van der Waals surface area contributed by atoms with Crippen LogP contribution >= 0.6 is 0 Å². The van der Waals surface area contributed by atoms with Gasteiger partial charge in [0.05, 0.1) is 19.9 Å². The van der Waals surface area contributed by atoms with Crippen LogP contribution in [0, 0.1) is 0 Å². The van der Waals surface area contributed by atoms with Gasteiger partial charge in [0.1, 0.15) is 29.3 Å². The Morgan fingerprint density at radius 2 is 1.88 bits per heavy atom. The molecular weight excluding hydrogens is 308 g/mol. The minimum Gasteiger partial charge on any atom is -0.497 e. The van der Waals surface area contributed by atoms with E-state index in [2.05, 4.69) is 15.3 Å². The lowest BCUT2D eigenvalue weighted by Crippen LogP contribution is -2.24. The van der Waals surface area contributed by atoms with Gasteiger partial charge in [0.15, 0.2) is 0 Å². The van der Waals surface area contributed by atoms with Crippen LogP contribution in [0.25, 0.3) is 0 Å². The summed E-state index contributed by atoms with van der Waals surface area (Å²) in [6.07, 6.45) is 1.39. The standard InChI is InChI=1S/C17H22N4O3/c1-5-21(6-2)16-10-14(18-11-19-16)17(22)20-13-9-12(23-3)7-8-15(13)24-4/h7-11H,5-6H2,1-4H3,(H,20,22). The van der Waals surface area contributed by atoms with Gasteiger partial charge in [-0.15, -0.1) is 0 Å². The van der Waals surface area contributed by atoms with Crippen LogP contribution in [0.3, 0.4) is 0 Å². The molecule has 2 rings (SSSR count). The smallest absolute Gasteiger partial charge is 0.274 e. The fourth-order valence-corrected chi connectivity index (χ4v) is 2.29. The maximum absolute atomic E-state index is 12.5. The zero-order valence-electron chi connectivity index (χ0n) is 14.4. The zero-order chi connectivity index (χ0) is 17.5. The fourth-order valence-electron chi connectivity index (χ4n) is 2.29. The molecule has 2 aromatic rings. The summed E-state index contributed by atoms with van der Waals surface area (Å²) < 4.78 is 10.4. The van der Waals surface area contributed by atoms with Crippen LogP contribution in [-0.2, 0) is 0 Å². The number of nitrogens with one attached hydrogen (secondary N) is 1. The first-order valence-electron chi connectivity index (χ1n) is 7.73. The number of anilines is 2. The SMILES string of the molecule is CCN(CC)c1cc(C(=O)Nc2cc(OC)ccc2OC)ncn1. The highest BCUT2D eigenvalue weighted by molar-refractivity contribution is 6.04. The number of benzene rings is 1. The van der Waals surface area contributed by atoms with E-state index in [1.54, 1.807) is 38.5 Å². The number of amides is 1. The van der Waals surface area contributed by atoms with E-state index in [1.165, 1.54) is 6.33 Å². The Kier molecular flexibility index (Phi) is 5.95. The molecule has 1 heterocycles. The highest BCUT2D eigenvalue weighted by Crippen LogP contribution is 2.29. The van der Waals surface area contributed by atoms with Gasteiger partial charge in [0.2, 0.25) is 0 Å². The molecule has 24 heavy (non-hydrogen) atoms. The second kappa shape index (κ2) is 8.14. The molecule has 0 unspecified atom stereocenters. The van der Waals surface area contributed by atoms with Gasteiger partial charge in [0.25, 0.3) is 5.91 Å². The average molecular weight is 330 g/mol. The number of rotatable bonds is 7. The Hall–Kier alpha value is -2.83. The molecule has 0 atom stereocenters. The summed E-state index contributed by atoms with van der Waals surface area (Å²) >= 11 is 0. The van der Waals surface area contributed by atoms with Crippen LogP contribution in [-0.4, -0.2) is 43.2 Å². The first-order chi connectivity index (χ1) is 11.6. The monoisotopic (exact) mass is 330 g/mol. The molecule has 7 nitrogen and oxygen atoms in total. The van der Waals surface area contributed by atoms with Crippen LogP contribution in [0.5, 0.6) is 11.5 Å². The summed E-state index contributed by atoms with van der Waals surface area (Å²) in [6, 6.07) is 6.87. The maximum atomic E-state index is 12.5. The Labute approximate surface area is 141 Å². The summed E-state index contributed by atoms with van der Waals surface area (Å²) in [6.45, 7) is 5.68. The molecule has 0 aliphatic heterocycles. The molecule has 0 saturated heterocycles. The van der Waals surface area contributed by atoms with Crippen LogP contribution in [0.15, 0.2) is 30.6 Å². The van der Waals surface area contributed by atoms with Gasteiger partial charge < -0.3 is 19.7 Å². The lowest BCUT2D eigenvalue weighted by molar-refractivity contribution is 0.102. The van der Waals surface area contributed by atoms with Crippen molar-refractivity contribution in [2.75, 3.05) is 37.5 Å². The molecule has 1 aromatic carbocycles. The van der Waals surface area contributed by atoms with Gasteiger partial charge in [-0.25, -0.2) is 9.97 Å². The molecular formula is C17H22N4O3. The lowest BCUT2D eigenvalue weighted by atomic mass is 10.2. The molecule has 0 aliphatic rings. The van der Waals surface area contributed by atoms with Crippen LogP contribution < -0.4 is 19.7 Å². The largest absolute Gasteiger partial charge is 0.497 e. The van der Waals surface area contributed by atoms with Gasteiger partial charge in [0, 0.05) is 25.2 Å². The predicted octanol–water partition coefficient (Wildman–Crippen LogP) is 2.59. The molecule has 0 radical (unpaired) electrons. The third-order valence-electron chi connectivity index (χ3n) is 3.63. The van der Waals surface area contributed by atoms with E-state index in [1.807, 2.05) is 18.7 Å². The van der Waals surface area contributed by atoms with Crippen molar-refractivity contribution in [2.45, 2.75) is 13.8 Å². The number of hydrogen-bond donors (Lipinski definition) is 1. The number of methoxy groups -OCH3 is 2. The molecule has 128 valence electrons. The van der Waals surface area contributed by atoms with Crippen LogP contribution in [0.2, 0.25) is 0 Å². The second-order valence-corrected chi connectivity index (χ2v) is 4.95. The van der Waals surface area contributed by atoms with Crippen LogP contribution in [0.1, 0.15) is 24.3 Å². The summed E-state index contributed by atoms with van der Waals surface area (Å²) in [5, 5.41) is 2.80. The lowest BCUT2D eigenvalue weighted by Gasteiger charge is -2.19. The molecule has 0 bridgehead atoms. The minimum atomic E-state index is -0.336. The molecule has 0 aliphatic carbocycles. The third kappa shape index (κ3) is 3.92. The Morgan fingerprint density at radius 3 is 2.50 bits per heavy atom.